The van der Waals surface area contributed by atoms with Gasteiger partial charge >= 0.3 is 0 Å². The average molecular weight is 255 g/mol. The van der Waals surface area contributed by atoms with Crippen molar-refractivity contribution in [1.82, 2.24) is 9.78 Å². The fourth-order valence-electron chi connectivity index (χ4n) is 1.34. The summed E-state index contributed by atoms with van der Waals surface area (Å²) in [6.07, 6.45) is 2.43. The maximum atomic E-state index is 10.6. The molecule has 0 fully saturated rings. The van der Waals surface area contributed by atoms with Crippen LogP contribution in [-0.2, 0) is 0 Å². The number of rotatable bonds is 2. The lowest BCUT2D eigenvalue weighted by atomic mass is 10.2. The Hall–Kier alpha value is -1.32. The van der Waals surface area contributed by atoms with Crippen LogP contribution in [0.5, 0.6) is 0 Å². The molecule has 1 heterocycles. The molecule has 0 saturated carbocycles. The van der Waals surface area contributed by atoms with Crippen molar-refractivity contribution >= 4 is 29.5 Å². The van der Waals surface area contributed by atoms with Crippen molar-refractivity contribution in [2.75, 3.05) is 0 Å². The van der Waals surface area contributed by atoms with Gasteiger partial charge in [0.15, 0.2) is 0 Å². The summed E-state index contributed by atoms with van der Waals surface area (Å²) in [6, 6.07) is 5.00. The molecule has 0 spiro atoms. The molecule has 0 atom stereocenters. The molecule has 0 amide bonds. The summed E-state index contributed by atoms with van der Waals surface area (Å²) in [5.41, 5.74) is 1.96. The first-order valence-corrected chi connectivity index (χ1v) is 5.34. The van der Waals surface area contributed by atoms with Gasteiger partial charge in [-0.15, -0.1) is 0 Å². The summed E-state index contributed by atoms with van der Waals surface area (Å²) in [4.78, 5) is 10.6. The third-order valence-electron chi connectivity index (χ3n) is 2.19. The van der Waals surface area contributed by atoms with Crippen molar-refractivity contribution in [3.05, 3.63) is 45.7 Å². The van der Waals surface area contributed by atoms with E-state index in [0.717, 1.165) is 12.0 Å². The summed E-state index contributed by atoms with van der Waals surface area (Å²) in [6.45, 7) is 1.81. The standard InChI is InChI=1S/C11H8Cl2N2O/c1-7-10(13)5-15(14-7)11-3-2-8(6-16)4-9(11)12/h2-6H,1H3. The Morgan fingerprint density at radius 3 is 2.56 bits per heavy atom. The van der Waals surface area contributed by atoms with Crippen LogP contribution in [0.4, 0.5) is 0 Å². The number of aromatic nitrogens is 2. The number of carbonyl (C=O) groups is 1. The molecule has 0 radical (unpaired) electrons. The first-order valence-electron chi connectivity index (χ1n) is 4.58. The molecule has 1 aromatic heterocycles. The molecule has 2 aromatic rings. The van der Waals surface area contributed by atoms with E-state index in [2.05, 4.69) is 5.10 Å². The highest BCUT2D eigenvalue weighted by molar-refractivity contribution is 6.33. The third kappa shape index (κ3) is 1.96. The minimum Gasteiger partial charge on any atom is -0.298 e. The van der Waals surface area contributed by atoms with Gasteiger partial charge in [-0.25, -0.2) is 4.68 Å². The number of aldehydes is 1. The molecule has 2 rings (SSSR count). The number of nitrogens with zero attached hydrogens (tertiary/aromatic N) is 2. The third-order valence-corrected chi connectivity index (χ3v) is 2.87. The summed E-state index contributed by atoms with van der Waals surface area (Å²) >= 11 is 11.9. The van der Waals surface area contributed by atoms with Crippen molar-refractivity contribution in [3.8, 4) is 5.69 Å². The predicted molar refractivity (Wildman–Crippen MR) is 63.7 cm³/mol. The highest BCUT2D eigenvalue weighted by Crippen LogP contribution is 2.23. The van der Waals surface area contributed by atoms with E-state index in [4.69, 9.17) is 23.2 Å². The Bertz CT molecular complexity index is 529. The number of hydrogen-bond acceptors (Lipinski definition) is 2. The predicted octanol–water partition coefficient (Wildman–Crippen LogP) is 3.30. The van der Waals surface area contributed by atoms with Crippen LogP contribution in [0.3, 0.4) is 0 Å². The highest BCUT2D eigenvalue weighted by Gasteiger charge is 2.07. The zero-order chi connectivity index (χ0) is 11.7. The molecule has 1 aromatic carbocycles. The molecule has 0 saturated heterocycles. The SMILES string of the molecule is Cc1nn(-c2ccc(C=O)cc2Cl)cc1Cl. The Morgan fingerprint density at radius 2 is 2.06 bits per heavy atom. The van der Waals surface area contributed by atoms with Gasteiger partial charge in [0.1, 0.15) is 6.29 Å². The molecule has 0 bridgehead atoms. The van der Waals surface area contributed by atoms with E-state index in [-0.39, 0.29) is 0 Å². The van der Waals surface area contributed by atoms with Crippen LogP contribution in [0, 0.1) is 6.92 Å². The maximum absolute atomic E-state index is 10.6. The Balaban J connectivity index is 2.52. The lowest BCUT2D eigenvalue weighted by Gasteiger charge is -2.04. The quantitative estimate of drug-likeness (QED) is 0.771. The number of benzene rings is 1. The smallest absolute Gasteiger partial charge is 0.150 e. The largest absolute Gasteiger partial charge is 0.298 e. The van der Waals surface area contributed by atoms with Crippen molar-refractivity contribution in [3.63, 3.8) is 0 Å². The van der Waals surface area contributed by atoms with Crippen LogP contribution in [0.1, 0.15) is 16.1 Å². The number of hydrogen-bond donors (Lipinski definition) is 0. The molecule has 3 nitrogen and oxygen atoms in total. The summed E-state index contributed by atoms with van der Waals surface area (Å²) < 4.78 is 1.59. The van der Waals surface area contributed by atoms with Crippen LogP contribution >= 0.6 is 23.2 Å². The van der Waals surface area contributed by atoms with E-state index in [9.17, 15) is 4.79 Å². The van der Waals surface area contributed by atoms with Crippen molar-refractivity contribution in [2.24, 2.45) is 0 Å². The lowest BCUT2D eigenvalue weighted by Crippen LogP contribution is -1.96. The zero-order valence-corrected chi connectivity index (χ0v) is 9.96. The molecule has 16 heavy (non-hydrogen) atoms. The average Bonchev–Trinajstić information content (AvgIpc) is 2.58. The van der Waals surface area contributed by atoms with E-state index < -0.39 is 0 Å². The number of carbonyl (C=O) groups excluding carboxylic acids is 1. The minimum atomic E-state index is 0.462. The lowest BCUT2D eigenvalue weighted by molar-refractivity contribution is 0.112. The Morgan fingerprint density at radius 1 is 1.31 bits per heavy atom. The van der Waals surface area contributed by atoms with Crippen LogP contribution in [0.2, 0.25) is 10.0 Å². The topological polar surface area (TPSA) is 34.9 Å². The van der Waals surface area contributed by atoms with Gasteiger partial charge in [-0.3, -0.25) is 4.79 Å². The summed E-state index contributed by atoms with van der Waals surface area (Å²) in [5, 5.41) is 5.25. The highest BCUT2D eigenvalue weighted by atomic mass is 35.5. The van der Waals surface area contributed by atoms with E-state index in [0.29, 0.717) is 21.3 Å². The van der Waals surface area contributed by atoms with Gasteiger partial charge in [0, 0.05) is 11.8 Å². The van der Waals surface area contributed by atoms with E-state index in [1.54, 1.807) is 29.1 Å². The van der Waals surface area contributed by atoms with E-state index in [1.807, 2.05) is 6.92 Å². The van der Waals surface area contributed by atoms with Crippen LogP contribution in [-0.4, -0.2) is 16.1 Å². The monoisotopic (exact) mass is 254 g/mol. The molecule has 0 aliphatic rings. The van der Waals surface area contributed by atoms with Gasteiger partial charge < -0.3 is 0 Å². The maximum Gasteiger partial charge on any atom is 0.150 e. The second-order valence-electron chi connectivity index (χ2n) is 3.34. The fourth-order valence-corrected chi connectivity index (χ4v) is 1.75. The van der Waals surface area contributed by atoms with Crippen molar-refractivity contribution in [1.29, 1.82) is 0 Å². The van der Waals surface area contributed by atoms with Crippen LogP contribution in [0.25, 0.3) is 5.69 Å². The van der Waals surface area contributed by atoms with Gasteiger partial charge in [-0.05, 0) is 25.1 Å². The number of halogens is 2. The summed E-state index contributed by atoms with van der Waals surface area (Å²) in [5.74, 6) is 0. The first kappa shape index (κ1) is 11.2. The Kier molecular flexibility index (Phi) is 2.99. The molecule has 0 N–H and O–H groups in total. The van der Waals surface area contributed by atoms with Gasteiger partial charge in [0.2, 0.25) is 0 Å². The van der Waals surface area contributed by atoms with Gasteiger partial charge in [0.25, 0.3) is 0 Å². The number of aryl methyl sites for hydroxylation is 1. The summed E-state index contributed by atoms with van der Waals surface area (Å²) in [7, 11) is 0. The van der Waals surface area contributed by atoms with Crippen LogP contribution < -0.4 is 0 Å². The molecule has 5 heteroatoms. The Labute approximate surface area is 103 Å². The molecule has 82 valence electrons. The molecular formula is C11H8Cl2N2O. The van der Waals surface area contributed by atoms with E-state index in [1.165, 1.54) is 0 Å². The van der Waals surface area contributed by atoms with Gasteiger partial charge in [-0.1, -0.05) is 23.2 Å². The van der Waals surface area contributed by atoms with Crippen molar-refractivity contribution < 1.29 is 4.79 Å². The van der Waals surface area contributed by atoms with Gasteiger partial charge in [-0.2, -0.15) is 5.10 Å². The normalized spacial score (nSPS) is 10.4. The van der Waals surface area contributed by atoms with E-state index >= 15 is 0 Å². The molecular weight excluding hydrogens is 247 g/mol. The molecule has 0 unspecified atom stereocenters. The zero-order valence-electron chi connectivity index (χ0n) is 8.45. The first-order chi connectivity index (χ1) is 7.61. The minimum absolute atomic E-state index is 0.462. The fraction of sp³-hybridized carbons (Fsp3) is 0.0909. The van der Waals surface area contributed by atoms with Crippen molar-refractivity contribution in [2.45, 2.75) is 6.92 Å². The molecule has 0 aliphatic carbocycles. The molecule has 0 aliphatic heterocycles. The second kappa shape index (κ2) is 4.28. The van der Waals surface area contributed by atoms with Crippen LogP contribution in [0.15, 0.2) is 24.4 Å². The van der Waals surface area contributed by atoms with Gasteiger partial charge in [0.05, 0.1) is 21.4 Å². The second-order valence-corrected chi connectivity index (χ2v) is 4.15.